The van der Waals surface area contributed by atoms with Gasteiger partial charge in [0, 0.05) is 25.5 Å². The van der Waals surface area contributed by atoms with Crippen molar-refractivity contribution in [3.63, 3.8) is 0 Å². The Kier molecular flexibility index (Phi) is 2.89. The summed E-state index contributed by atoms with van der Waals surface area (Å²) in [6.07, 6.45) is 4.66. The first kappa shape index (κ1) is 10.7. The molecule has 0 bridgehead atoms. The van der Waals surface area contributed by atoms with Crippen LogP contribution in [-0.4, -0.2) is 29.0 Å². The second kappa shape index (κ2) is 4.34. The maximum absolute atomic E-state index is 11.5. The molecule has 0 spiro atoms. The van der Waals surface area contributed by atoms with E-state index in [4.69, 9.17) is 5.73 Å². The van der Waals surface area contributed by atoms with Gasteiger partial charge in [-0.2, -0.15) is 0 Å². The normalized spacial score (nSPS) is 20.8. The van der Waals surface area contributed by atoms with E-state index >= 15 is 0 Å². The number of piperidine rings is 1. The summed E-state index contributed by atoms with van der Waals surface area (Å²) in [5, 5.41) is 0. The van der Waals surface area contributed by atoms with E-state index in [-0.39, 0.29) is 17.4 Å². The lowest BCUT2D eigenvalue weighted by Crippen LogP contribution is -2.43. The number of carbonyl (C=O) groups excluding carboxylic acids is 1. The van der Waals surface area contributed by atoms with Crippen molar-refractivity contribution in [2.24, 2.45) is 11.7 Å². The summed E-state index contributed by atoms with van der Waals surface area (Å²) in [6, 6.07) is 0. The van der Waals surface area contributed by atoms with Gasteiger partial charge < -0.3 is 15.6 Å². The van der Waals surface area contributed by atoms with Crippen molar-refractivity contribution >= 4 is 11.7 Å². The molecule has 0 aromatic carbocycles. The fraction of sp³-hybridized carbons (Fsp3) is 0.500. The van der Waals surface area contributed by atoms with Gasteiger partial charge in [-0.1, -0.05) is 0 Å². The van der Waals surface area contributed by atoms with Gasteiger partial charge in [-0.25, -0.2) is 4.98 Å². The third-order valence-electron chi connectivity index (χ3n) is 2.81. The zero-order valence-electron chi connectivity index (χ0n) is 8.85. The van der Waals surface area contributed by atoms with Crippen molar-refractivity contribution < 1.29 is 4.79 Å². The highest BCUT2D eigenvalue weighted by molar-refractivity contribution is 5.77. The Bertz CT molecular complexity index is 442. The van der Waals surface area contributed by atoms with E-state index in [0.717, 1.165) is 19.4 Å². The molecule has 1 fully saturated rings. The molecule has 0 aliphatic carbocycles. The van der Waals surface area contributed by atoms with E-state index in [1.54, 1.807) is 0 Å². The van der Waals surface area contributed by atoms with Crippen LogP contribution in [0.15, 0.2) is 17.2 Å². The molecule has 0 saturated carbocycles. The van der Waals surface area contributed by atoms with Crippen molar-refractivity contribution in [3.05, 3.63) is 22.7 Å². The lowest BCUT2D eigenvalue weighted by Gasteiger charge is -2.31. The summed E-state index contributed by atoms with van der Waals surface area (Å²) in [7, 11) is 0. The van der Waals surface area contributed by atoms with E-state index in [1.807, 2.05) is 4.90 Å². The predicted molar refractivity (Wildman–Crippen MR) is 59.0 cm³/mol. The molecular weight excluding hydrogens is 208 g/mol. The Balaban J connectivity index is 2.19. The molecule has 86 valence electrons. The highest BCUT2D eigenvalue weighted by Gasteiger charge is 2.25. The average Bonchev–Trinajstić information content (AvgIpc) is 2.30. The Morgan fingerprint density at radius 2 is 2.44 bits per heavy atom. The summed E-state index contributed by atoms with van der Waals surface area (Å²) in [6.45, 7) is 1.22. The number of aromatic nitrogens is 2. The largest absolute Gasteiger partial charge is 0.369 e. The molecule has 1 aromatic heterocycles. The van der Waals surface area contributed by atoms with Crippen molar-refractivity contribution in [3.8, 4) is 0 Å². The molecule has 1 aliphatic rings. The van der Waals surface area contributed by atoms with Gasteiger partial charge in [-0.15, -0.1) is 0 Å². The number of aromatic amines is 1. The highest BCUT2D eigenvalue weighted by Crippen LogP contribution is 2.18. The quantitative estimate of drug-likeness (QED) is 0.703. The van der Waals surface area contributed by atoms with Gasteiger partial charge in [0.05, 0.1) is 5.92 Å². The average molecular weight is 222 g/mol. The standard InChI is InChI=1S/C10H14N4O2/c11-8(15)7-2-1-5-14(6-7)9-10(16)13-4-3-12-9/h3-4,7H,1-2,5-6H2,(H2,11,15)(H,13,16). The third kappa shape index (κ3) is 2.05. The van der Waals surface area contributed by atoms with Gasteiger partial charge in [-0.05, 0) is 12.8 Å². The van der Waals surface area contributed by atoms with Crippen LogP contribution < -0.4 is 16.2 Å². The predicted octanol–water partition coefficient (Wildman–Crippen LogP) is -0.528. The number of nitrogens with one attached hydrogen (secondary N) is 1. The van der Waals surface area contributed by atoms with Crippen molar-refractivity contribution in [1.82, 2.24) is 9.97 Å². The first-order valence-electron chi connectivity index (χ1n) is 5.26. The Labute approximate surface area is 92.5 Å². The number of amides is 1. The molecule has 1 atom stereocenters. The topological polar surface area (TPSA) is 92.1 Å². The minimum atomic E-state index is -0.308. The minimum absolute atomic E-state index is 0.185. The number of nitrogens with zero attached hydrogens (tertiary/aromatic N) is 2. The number of H-pyrrole nitrogens is 1. The Morgan fingerprint density at radius 3 is 3.12 bits per heavy atom. The fourth-order valence-electron chi connectivity index (χ4n) is 1.97. The van der Waals surface area contributed by atoms with E-state index in [9.17, 15) is 9.59 Å². The molecule has 1 aliphatic heterocycles. The van der Waals surface area contributed by atoms with Gasteiger partial charge in [-0.3, -0.25) is 9.59 Å². The summed E-state index contributed by atoms with van der Waals surface area (Å²) in [4.78, 5) is 31.0. The number of primary amides is 1. The van der Waals surface area contributed by atoms with Gasteiger partial charge in [0.2, 0.25) is 5.91 Å². The number of hydrogen-bond acceptors (Lipinski definition) is 4. The van der Waals surface area contributed by atoms with Crippen LogP contribution in [0.2, 0.25) is 0 Å². The van der Waals surface area contributed by atoms with Crippen LogP contribution in [-0.2, 0) is 4.79 Å². The van der Waals surface area contributed by atoms with Crippen molar-refractivity contribution in [1.29, 1.82) is 0 Å². The maximum Gasteiger partial charge on any atom is 0.290 e. The third-order valence-corrected chi connectivity index (χ3v) is 2.81. The van der Waals surface area contributed by atoms with Gasteiger partial charge >= 0.3 is 0 Å². The highest BCUT2D eigenvalue weighted by atomic mass is 16.1. The minimum Gasteiger partial charge on any atom is -0.369 e. The fourth-order valence-corrected chi connectivity index (χ4v) is 1.97. The molecule has 0 radical (unpaired) electrons. The first-order chi connectivity index (χ1) is 7.68. The van der Waals surface area contributed by atoms with Crippen molar-refractivity contribution in [2.45, 2.75) is 12.8 Å². The Morgan fingerprint density at radius 1 is 1.62 bits per heavy atom. The maximum atomic E-state index is 11.5. The second-order valence-corrected chi connectivity index (χ2v) is 3.93. The summed E-state index contributed by atoms with van der Waals surface area (Å²) in [5.74, 6) is -0.124. The molecule has 1 aromatic rings. The van der Waals surface area contributed by atoms with Crippen LogP contribution in [0.5, 0.6) is 0 Å². The molecule has 6 nitrogen and oxygen atoms in total. The van der Waals surface area contributed by atoms with Gasteiger partial charge in [0.1, 0.15) is 0 Å². The number of carbonyl (C=O) groups is 1. The molecule has 16 heavy (non-hydrogen) atoms. The van der Waals surface area contributed by atoms with Gasteiger partial charge in [0.25, 0.3) is 5.56 Å². The summed E-state index contributed by atoms with van der Waals surface area (Å²) < 4.78 is 0. The number of nitrogens with two attached hydrogens (primary N) is 1. The molecule has 2 rings (SSSR count). The molecule has 1 saturated heterocycles. The van der Waals surface area contributed by atoms with Crippen LogP contribution in [0.25, 0.3) is 0 Å². The Hall–Kier alpha value is -1.85. The molecule has 1 amide bonds. The first-order valence-corrected chi connectivity index (χ1v) is 5.26. The van der Waals surface area contributed by atoms with E-state index in [0.29, 0.717) is 12.4 Å². The number of anilines is 1. The van der Waals surface area contributed by atoms with Crippen LogP contribution in [0.4, 0.5) is 5.82 Å². The van der Waals surface area contributed by atoms with Crippen LogP contribution >= 0.6 is 0 Å². The monoisotopic (exact) mass is 222 g/mol. The van der Waals surface area contributed by atoms with Crippen LogP contribution in [0, 0.1) is 5.92 Å². The molecule has 6 heteroatoms. The van der Waals surface area contributed by atoms with E-state index < -0.39 is 0 Å². The van der Waals surface area contributed by atoms with Crippen LogP contribution in [0.3, 0.4) is 0 Å². The van der Waals surface area contributed by atoms with E-state index in [1.165, 1.54) is 12.4 Å². The molecule has 2 heterocycles. The smallest absolute Gasteiger partial charge is 0.290 e. The summed E-state index contributed by atoms with van der Waals surface area (Å²) in [5.41, 5.74) is 5.04. The lowest BCUT2D eigenvalue weighted by molar-refractivity contribution is -0.122. The molecule has 1 unspecified atom stereocenters. The lowest BCUT2D eigenvalue weighted by atomic mass is 9.97. The van der Waals surface area contributed by atoms with Crippen molar-refractivity contribution in [2.75, 3.05) is 18.0 Å². The number of rotatable bonds is 2. The van der Waals surface area contributed by atoms with E-state index in [2.05, 4.69) is 9.97 Å². The zero-order chi connectivity index (χ0) is 11.5. The zero-order valence-corrected chi connectivity index (χ0v) is 8.85. The number of hydrogen-bond donors (Lipinski definition) is 2. The van der Waals surface area contributed by atoms with Crippen LogP contribution in [0.1, 0.15) is 12.8 Å². The second-order valence-electron chi connectivity index (χ2n) is 3.93. The SMILES string of the molecule is NC(=O)C1CCCN(c2ncc[nH]c2=O)C1. The van der Waals surface area contributed by atoms with Gasteiger partial charge in [0.15, 0.2) is 5.82 Å². The summed E-state index contributed by atoms with van der Waals surface area (Å²) >= 11 is 0. The molecule has 3 N–H and O–H groups in total. The molecular formula is C10H14N4O2.